The number of nitro benzene ring substituents is 2. The molecule has 11 heteroatoms. The Morgan fingerprint density at radius 3 is 2.48 bits per heavy atom. The fraction of sp³-hybridized carbons (Fsp3) is 0. The van der Waals surface area contributed by atoms with E-state index in [4.69, 9.17) is 4.42 Å². The summed E-state index contributed by atoms with van der Waals surface area (Å²) in [6.45, 7) is 0. The number of rotatable bonds is 5. The van der Waals surface area contributed by atoms with E-state index in [2.05, 4.69) is 9.98 Å². The van der Waals surface area contributed by atoms with Crippen molar-refractivity contribution in [2.45, 2.75) is 0 Å². The lowest BCUT2D eigenvalue weighted by Gasteiger charge is -2.03. The van der Waals surface area contributed by atoms with Crippen LogP contribution in [0.5, 0.6) is 11.5 Å². The van der Waals surface area contributed by atoms with Crippen LogP contribution in [0, 0.1) is 20.2 Å². The van der Waals surface area contributed by atoms with E-state index in [9.17, 15) is 30.4 Å². The first-order valence-electron chi connectivity index (χ1n) is 8.72. The minimum absolute atomic E-state index is 0.112. The number of benzene rings is 3. The maximum Gasteiger partial charge on any atom is 0.318 e. The molecule has 0 bridgehead atoms. The molecule has 0 aliphatic heterocycles. The van der Waals surface area contributed by atoms with Crippen molar-refractivity contribution in [3.63, 3.8) is 0 Å². The molecule has 1 aromatic heterocycles. The van der Waals surface area contributed by atoms with Crippen molar-refractivity contribution in [2.24, 2.45) is 4.99 Å². The summed E-state index contributed by atoms with van der Waals surface area (Å²) in [5, 5.41) is 42.4. The monoisotopic (exact) mass is 420 g/mol. The van der Waals surface area contributed by atoms with E-state index in [-0.39, 0.29) is 28.5 Å². The van der Waals surface area contributed by atoms with Crippen LogP contribution >= 0.6 is 0 Å². The smallest absolute Gasteiger partial charge is 0.318 e. The number of nitro groups is 2. The van der Waals surface area contributed by atoms with Crippen LogP contribution in [0.3, 0.4) is 0 Å². The molecule has 11 nitrogen and oxygen atoms in total. The molecule has 0 unspecified atom stereocenters. The molecule has 0 fully saturated rings. The molecule has 31 heavy (non-hydrogen) atoms. The Kier molecular flexibility index (Phi) is 4.76. The SMILES string of the molecule is O=[N+]([O-])c1cc(C=Nc2ccc(O)c(-c3nc4ccccc4o3)c2)c(O)c([N+](=O)[O-])c1. The first-order valence-corrected chi connectivity index (χ1v) is 8.72. The molecule has 0 aliphatic rings. The summed E-state index contributed by atoms with van der Waals surface area (Å²) in [6.07, 6.45) is 1.05. The fourth-order valence-electron chi connectivity index (χ4n) is 2.88. The van der Waals surface area contributed by atoms with Crippen molar-refractivity contribution in [1.82, 2.24) is 4.98 Å². The van der Waals surface area contributed by atoms with Crippen LogP contribution in [0.4, 0.5) is 17.1 Å². The van der Waals surface area contributed by atoms with Crippen LogP contribution < -0.4 is 0 Å². The Bertz CT molecular complexity index is 1340. The second-order valence-corrected chi connectivity index (χ2v) is 6.36. The van der Waals surface area contributed by atoms with E-state index in [1.165, 1.54) is 18.2 Å². The van der Waals surface area contributed by atoms with E-state index >= 15 is 0 Å². The first kappa shape index (κ1) is 19.5. The van der Waals surface area contributed by atoms with Crippen LogP contribution in [-0.4, -0.2) is 31.3 Å². The number of aliphatic imine (C=N–C) groups is 1. The van der Waals surface area contributed by atoms with Gasteiger partial charge in [0.25, 0.3) is 5.69 Å². The van der Waals surface area contributed by atoms with Gasteiger partial charge in [-0.1, -0.05) is 12.1 Å². The minimum Gasteiger partial charge on any atom is -0.507 e. The number of aromatic nitrogens is 1. The number of hydrogen-bond donors (Lipinski definition) is 2. The lowest BCUT2D eigenvalue weighted by Crippen LogP contribution is -1.96. The van der Waals surface area contributed by atoms with Crippen LogP contribution in [0.25, 0.3) is 22.6 Å². The normalized spacial score (nSPS) is 11.2. The van der Waals surface area contributed by atoms with E-state index in [1.54, 1.807) is 24.3 Å². The molecular weight excluding hydrogens is 408 g/mol. The number of aromatic hydroxyl groups is 2. The van der Waals surface area contributed by atoms with Crippen molar-refractivity contribution in [3.8, 4) is 23.0 Å². The Balaban J connectivity index is 1.74. The average Bonchev–Trinajstić information content (AvgIpc) is 3.17. The first-order chi connectivity index (χ1) is 14.8. The summed E-state index contributed by atoms with van der Waals surface area (Å²) in [4.78, 5) is 28.8. The van der Waals surface area contributed by atoms with E-state index in [1.807, 2.05) is 0 Å². The molecule has 1 heterocycles. The van der Waals surface area contributed by atoms with Gasteiger partial charge in [0.05, 0.1) is 27.2 Å². The molecule has 0 spiro atoms. The van der Waals surface area contributed by atoms with Crippen molar-refractivity contribution < 1.29 is 24.5 Å². The highest BCUT2D eigenvalue weighted by Crippen LogP contribution is 2.36. The largest absolute Gasteiger partial charge is 0.507 e. The molecule has 0 amide bonds. The molecule has 4 aromatic rings. The molecule has 4 rings (SSSR count). The van der Waals surface area contributed by atoms with E-state index in [0.717, 1.165) is 12.3 Å². The molecule has 0 saturated carbocycles. The van der Waals surface area contributed by atoms with Gasteiger partial charge in [0.15, 0.2) is 5.58 Å². The third kappa shape index (κ3) is 3.74. The van der Waals surface area contributed by atoms with Gasteiger partial charge in [-0.2, -0.15) is 0 Å². The number of non-ortho nitro benzene ring substituents is 1. The highest BCUT2D eigenvalue weighted by atomic mass is 16.6. The molecule has 0 radical (unpaired) electrons. The number of para-hydroxylation sites is 2. The summed E-state index contributed by atoms with van der Waals surface area (Å²) in [7, 11) is 0. The molecule has 3 aromatic carbocycles. The van der Waals surface area contributed by atoms with Crippen molar-refractivity contribution in [1.29, 1.82) is 0 Å². The molecule has 154 valence electrons. The third-order valence-corrected chi connectivity index (χ3v) is 4.37. The highest BCUT2D eigenvalue weighted by Gasteiger charge is 2.23. The number of phenols is 2. The van der Waals surface area contributed by atoms with Gasteiger partial charge in [-0.15, -0.1) is 0 Å². The van der Waals surface area contributed by atoms with Crippen LogP contribution in [-0.2, 0) is 0 Å². The van der Waals surface area contributed by atoms with Gasteiger partial charge >= 0.3 is 5.69 Å². The highest BCUT2D eigenvalue weighted by molar-refractivity contribution is 5.89. The topological polar surface area (TPSA) is 165 Å². The maximum atomic E-state index is 11.1. The minimum atomic E-state index is -0.925. The number of phenolic OH excluding ortho intramolecular Hbond substituents is 2. The average molecular weight is 420 g/mol. The summed E-state index contributed by atoms with van der Waals surface area (Å²) in [5.41, 5.74) is 0.0673. The van der Waals surface area contributed by atoms with Gasteiger partial charge in [0.1, 0.15) is 11.3 Å². The predicted molar refractivity (Wildman–Crippen MR) is 110 cm³/mol. The Morgan fingerprint density at radius 1 is 1.00 bits per heavy atom. The number of fused-ring (bicyclic) bond motifs is 1. The molecular formula is C20H12N4O7. The second-order valence-electron chi connectivity index (χ2n) is 6.36. The summed E-state index contributed by atoms with van der Waals surface area (Å²) >= 11 is 0. The van der Waals surface area contributed by atoms with Gasteiger partial charge in [-0.25, -0.2) is 4.98 Å². The zero-order valence-electron chi connectivity index (χ0n) is 15.5. The van der Waals surface area contributed by atoms with Gasteiger partial charge < -0.3 is 14.6 Å². The summed E-state index contributed by atoms with van der Waals surface area (Å²) in [5.74, 6) is -0.707. The zero-order valence-corrected chi connectivity index (χ0v) is 15.5. The Labute approximate surface area is 172 Å². The standard InChI is InChI=1S/C20H12N4O7/c25-17-6-5-12(8-14(17)20-22-15-3-1-2-4-18(15)31-20)21-10-11-7-13(23(27)28)9-16(19(11)26)24(29)30/h1-10,25-26H. The Morgan fingerprint density at radius 2 is 1.77 bits per heavy atom. The Hall–Kier alpha value is -4.80. The lowest BCUT2D eigenvalue weighted by atomic mass is 10.1. The van der Waals surface area contributed by atoms with Gasteiger partial charge in [-0.3, -0.25) is 25.2 Å². The predicted octanol–water partition coefficient (Wildman–Crippen LogP) is 4.47. The number of oxazole rings is 1. The summed E-state index contributed by atoms with van der Waals surface area (Å²) < 4.78 is 5.64. The fourth-order valence-corrected chi connectivity index (χ4v) is 2.88. The summed E-state index contributed by atoms with van der Waals surface area (Å²) in [6, 6.07) is 12.9. The van der Waals surface area contributed by atoms with Crippen molar-refractivity contribution in [2.75, 3.05) is 0 Å². The molecule has 0 saturated heterocycles. The van der Waals surface area contributed by atoms with Gasteiger partial charge in [0, 0.05) is 17.8 Å². The third-order valence-electron chi connectivity index (χ3n) is 4.37. The van der Waals surface area contributed by atoms with E-state index < -0.39 is 27.0 Å². The second kappa shape index (κ2) is 7.55. The number of hydrogen-bond acceptors (Lipinski definition) is 9. The van der Waals surface area contributed by atoms with Crippen molar-refractivity contribution in [3.05, 3.63) is 80.4 Å². The van der Waals surface area contributed by atoms with Gasteiger partial charge in [0.2, 0.25) is 11.6 Å². The molecule has 2 N–H and O–H groups in total. The van der Waals surface area contributed by atoms with Crippen molar-refractivity contribution >= 4 is 34.4 Å². The van der Waals surface area contributed by atoms with Gasteiger partial charge in [-0.05, 0) is 30.3 Å². The quantitative estimate of drug-likeness (QED) is 0.271. The van der Waals surface area contributed by atoms with Crippen LogP contribution in [0.2, 0.25) is 0 Å². The number of nitrogens with zero attached hydrogens (tertiary/aromatic N) is 4. The zero-order chi connectivity index (χ0) is 22.1. The van der Waals surface area contributed by atoms with E-state index in [0.29, 0.717) is 17.2 Å². The van der Waals surface area contributed by atoms with Crippen LogP contribution in [0.15, 0.2) is 64.0 Å². The molecule has 0 aliphatic carbocycles. The van der Waals surface area contributed by atoms with Crippen LogP contribution in [0.1, 0.15) is 5.56 Å². The lowest BCUT2D eigenvalue weighted by molar-refractivity contribution is -0.394. The molecule has 0 atom stereocenters. The maximum absolute atomic E-state index is 11.1.